The number of rotatable bonds is 5. The molecule has 0 unspecified atom stereocenters. The second-order valence-electron chi connectivity index (χ2n) is 6.59. The lowest BCUT2D eigenvalue weighted by Gasteiger charge is -2.30. The van der Waals surface area contributed by atoms with Gasteiger partial charge < -0.3 is 10.2 Å². The van der Waals surface area contributed by atoms with Gasteiger partial charge in [-0.2, -0.15) is 10.5 Å². The quantitative estimate of drug-likeness (QED) is 0.628. The first kappa shape index (κ1) is 18.9. The second kappa shape index (κ2) is 8.22. The molecule has 0 fully saturated rings. The monoisotopic (exact) mass is 381 g/mol. The molecule has 1 N–H and O–H groups in total. The lowest BCUT2D eigenvalue weighted by Crippen LogP contribution is -2.31. The molecule has 3 rings (SSSR count). The fourth-order valence-electron chi connectivity index (χ4n) is 3.21. The summed E-state index contributed by atoms with van der Waals surface area (Å²) >= 11 is 6.21. The van der Waals surface area contributed by atoms with E-state index in [0.29, 0.717) is 17.9 Å². The number of nitrogens with one attached hydrogen (secondary N) is 1. The average Bonchev–Trinajstić information content (AvgIpc) is 2.66. The number of halogens is 1. The molecule has 0 aliphatic carbocycles. The van der Waals surface area contributed by atoms with Gasteiger partial charge in [-0.1, -0.05) is 17.7 Å². The van der Waals surface area contributed by atoms with Crippen molar-refractivity contribution in [2.24, 2.45) is 0 Å². The van der Waals surface area contributed by atoms with Crippen molar-refractivity contribution in [2.45, 2.75) is 19.5 Å². The van der Waals surface area contributed by atoms with E-state index in [4.69, 9.17) is 16.9 Å². The Hall–Kier alpha value is -2.87. The lowest BCUT2D eigenvalue weighted by molar-refractivity contribution is 0.245. The van der Waals surface area contributed by atoms with Crippen LogP contribution in [0.1, 0.15) is 22.3 Å². The Balaban J connectivity index is 1.83. The number of pyridine rings is 2. The number of hydrogen-bond acceptors (Lipinski definition) is 7. The number of hydrogen-bond donors (Lipinski definition) is 1. The second-order valence-corrected chi connectivity index (χ2v) is 6.94. The van der Waals surface area contributed by atoms with Gasteiger partial charge in [0.15, 0.2) is 0 Å². The fourth-order valence-corrected chi connectivity index (χ4v) is 3.45. The molecule has 7 nitrogen and oxygen atoms in total. The van der Waals surface area contributed by atoms with Gasteiger partial charge in [-0.3, -0.25) is 4.90 Å². The van der Waals surface area contributed by atoms with Crippen LogP contribution >= 0.6 is 11.6 Å². The van der Waals surface area contributed by atoms with Gasteiger partial charge in [-0.15, -0.1) is 0 Å². The van der Waals surface area contributed by atoms with Crippen molar-refractivity contribution >= 4 is 23.2 Å². The fraction of sp³-hybridized carbons (Fsp3) is 0.368. The van der Waals surface area contributed by atoms with Crippen molar-refractivity contribution in [2.75, 3.05) is 37.4 Å². The lowest BCUT2D eigenvalue weighted by atomic mass is 9.96. The van der Waals surface area contributed by atoms with Gasteiger partial charge in [-0.05, 0) is 23.6 Å². The highest BCUT2D eigenvalue weighted by Gasteiger charge is 2.25. The number of fused-ring (bicyclic) bond motifs is 1. The van der Waals surface area contributed by atoms with Crippen molar-refractivity contribution in [3.8, 4) is 12.1 Å². The molecule has 0 spiro atoms. The molecule has 0 aromatic carbocycles. The van der Waals surface area contributed by atoms with Crippen LogP contribution in [-0.2, 0) is 19.5 Å². The zero-order valence-electron chi connectivity index (χ0n) is 15.3. The number of anilines is 2. The average molecular weight is 382 g/mol. The van der Waals surface area contributed by atoms with Crippen molar-refractivity contribution in [1.82, 2.24) is 14.9 Å². The van der Waals surface area contributed by atoms with Gasteiger partial charge in [0.25, 0.3) is 0 Å². The topological polar surface area (TPSA) is 91.9 Å². The smallest absolute Gasteiger partial charge is 0.149 e. The minimum absolute atomic E-state index is 0.148. The number of nitriles is 2. The van der Waals surface area contributed by atoms with E-state index < -0.39 is 0 Å². The SMILES string of the molecule is CN(C)c1ccc(CN2CCc3c(NCC#N)nc(Cl)c(C#N)c3C2)cn1. The minimum atomic E-state index is 0.148. The van der Waals surface area contributed by atoms with E-state index >= 15 is 0 Å². The molecule has 1 aliphatic heterocycles. The van der Waals surface area contributed by atoms with Crippen molar-refractivity contribution in [3.05, 3.63) is 45.7 Å². The Labute approximate surface area is 163 Å². The van der Waals surface area contributed by atoms with E-state index in [0.717, 1.165) is 42.0 Å². The summed E-state index contributed by atoms with van der Waals surface area (Å²) < 4.78 is 0. The van der Waals surface area contributed by atoms with E-state index in [9.17, 15) is 5.26 Å². The highest BCUT2D eigenvalue weighted by atomic mass is 35.5. The maximum absolute atomic E-state index is 9.52. The zero-order chi connectivity index (χ0) is 19.4. The van der Waals surface area contributed by atoms with E-state index in [1.54, 1.807) is 0 Å². The predicted molar refractivity (Wildman–Crippen MR) is 104 cm³/mol. The van der Waals surface area contributed by atoms with Crippen LogP contribution in [0.3, 0.4) is 0 Å². The summed E-state index contributed by atoms with van der Waals surface area (Å²) in [6, 6.07) is 8.29. The van der Waals surface area contributed by atoms with E-state index in [1.165, 1.54) is 0 Å². The van der Waals surface area contributed by atoms with Crippen LogP contribution in [0.5, 0.6) is 0 Å². The summed E-state index contributed by atoms with van der Waals surface area (Å²) in [5, 5.41) is 21.5. The van der Waals surface area contributed by atoms with Crippen molar-refractivity contribution in [1.29, 1.82) is 10.5 Å². The summed E-state index contributed by atoms with van der Waals surface area (Å²) in [5.41, 5.74) is 3.40. The first-order valence-electron chi connectivity index (χ1n) is 8.60. The van der Waals surface area contributed by atoms with Gasteiger partial charge >= 0.3 is 0 Å². The highest BCUT2D eigenvalue weighted by molar-refractivity contribution is 6.30. The molecule has 0 radical (unpaired) electrons. The molecule has 1 aliphatic rings. The molecule has 8 heteroatoms. The van der Waals surface area contributed by atoms with E-state index in [1.807, 2.05) is 37.3 Å². The first-order valence-corrected chi connectivity index (χ1v) is 8.98. The number of aromatic nitrogens is 2. The third-order valence-electron chi connectivity index (χ3n) is 4.55. The summed E-state index contributed by atoms with van der Waals surface area (Å²) in [6.45, 7) is 2.33. The van der Waals surface area contributed by atoms with Gasteiger partial charge in [0, 0.05) is 45.5 Å². The van der Waals surface area contributed by atoms with E-state index in [2.05, 4.69) is 32.3 Å². The molecule has 2 aromatic heterocycles. The summed E-state index contributed by atoms with van der Waals surface area (Å²) in [4.78, 5) is 13.0. The molecule has 0 atom stereocenters. The Morgan fingerprint density at radius 2 is 2.11 bits per heavy atom. The first-order chi connectivity index (χ1) is 13.0. The van der Waals surface area contributed by atoms with Crippen molar-refractivity contribution < 1.29 is 0 Å². The Bertz CT molecular complexity index is 910. The predicted octanol–water partition coefficient (Wildman–Crippen LogP) is 2.56. The third kappa shape index (κ3) is 4.11. The van der Waals surface area contributed by atoms with Crippen LogP contribution in [0.15, 0.2) is 18.3 Å². The highest BCUT2D eigenvalue weighted by Crippen LogP contribution is 2.32. The molecule has 3 heterocycles. The van der Waals surface area contributed by atoms with Gasteiger partial charge in [-0.25, -0.2) is 9.97 Å². The van der Waals surface area contributed by atoms with Gasteiger partial charge in [0.2, 0.25) is 0 Å². The molecule has 27 heavy (non-hydrogen) atoms. The van der Waals surface area contributed by atoms with Gasteiger partial charge in [0.05, 0.1) is 11.6 Å². The van der Waals surface area contributed by atoms with Crippen LogP contribution in [0.4, 0.5) is 11.6 Å². The molecule has 0 saturated heterocycles. The summed E-state index contributed by atoms with van der Waals surface area (Å²) in [6.07, 6.45) is 2.63. The number of nitrogens with zero attached hydrogens (tertiary/aromatic N) is 6. The normalized spacial score (nSPS) is 13.4. The van der Waals surface area contributed by atoms with Gasteiger partial charge in [0.1, 0.15) is 29.4 Å². The largest absolute Gasteiger partial charge is 0.363 e. The van der Waals surface area contributed by atoms with Crippen LogP contribution in [0, 0.1) is 22.7 Å². The van der Waals surface area contributed by atoms with E-state index in [-0.39, 0.29) is 11.7 Å². The molecular weight excluding hydrogens is 362 g/mol. The standard InChI is InChI=1S/C19H20ClN7/c1-26(2)17-4-3-13(10-24-17)11-27-8-5-14-16(12-27)15(9-22)18(20)25-19(14)23-7-6-21/h3-4,10H,5,7-8,11-12H2,1-2H3,(H,23,25). The Morgan fingerprint density at radius 1 is 1.30 bits per heavy atom. The molecule has 138 valence electrons. The summed E-state index contributed by atoms with van der Waals surface area (Å²) in [5.74, 6) is 1.52. The zero-order valence-corrected chi connectivity index (χ0v) is 16.1. The van der Waals surface area contributed by atoms with Crippen molar-refractivity contribution in [3.63, 3.8) is 0 Å². The third-order valence-corrected chi connectivity index (χ3v) is 4.82. The molecule has 0 bridgehead atoms. The molecule has 2 aromatic rings. The van der Waals surface area contributed by atoms with Crippen LogP contribution in [0.2, 0.25) is 5.15 Å². The summed E-state index contributed by atoms with van der Waals surface area (Å²) in [7, 11) is 3.92. The van der Waals surface area contributed by atoms with Crippen LogP contribution in [0.25, 0.3) is 0 Å². The maximum Gasteiger partial charge on any atom is 0.149 e. The minimum Gasteiger partial charge on any atom is -0.363 e. The molecular formula is C19H20ClN7. The molecule has 0 saturated carbocycles. The Kier molecular flexibility index (Phi) is 5.75. The Morgan fingerprint density at radius 3 is 2.74 bits per heavy atom. The maximum atomic E-state index is 9.52. The molecule has 0 amide bonds. The van der Waals surface area contributed by atoms with Crippen LogP contribution in [-0.4, -0.2) is 42.1 Å². The van der Waals surface area contributed by atoms with Crippen LogP contribution < -0.4 is 10.2 Å².